The number of hydrogen-bond acceptors (Lipinski definition) is 3. The lowest BCUT2D eigenvalue weighted by Gasteiger charge is -2.31. The molecule has 0 fully saturated rings. The molecule has 19 heavy (non-hydrogen) atoms. The Morgan fingerprint density at radius 3 is 2.37 bits per heavy atom. The molecule has 4 nitrogen and oxygen atoms in total. The van der Waals surface area contributed by atoms with Crippen LogP contribution in [0, 0.1) is 20.8 Å². The molecule has 0 aliphatic rings. The Morgan fingerprint density at radius 2 is 1.95 bits per heavy atom. The Bertz CT molecular complexity index is 412. The third-order valence-electron chi connectivity index (χ3n) is 3.83. The lowest BCUT2D eigenvalue weighted by molar-refractivity contribution is 0.153. The number of rotatable bonds is 7. The molecule has 0 bridgehead atoms. The summed E-state index contributed by atoms with van der Waals surface area (Å²) in [6.45, 7) is 13.7. The van der Waals surface area contributed by atoms with Crippen molar-refractivity contribution in [3.05, 3.63) is 17.0 Å². The first-order valence-electron chi connectivity index (χ1n) is 7.18. The van der Waals surface area contributed by atoms with E-state index < -0.39 is 0 Å². The quantitative estimate of drug-likeness (QED) is 0.797. The molecular weight excluding hydrogens is 238 g/mol. The Balaban J connectivity index is 2.55. The molecule has 0 saturated carbocycles. The van der Waals surface area contributed by atoms with E-state index in [1.54, 1.807) is 0 Å². The van der Waals surface area contributed by atoms with Crippen LogP contribution in [-0.2, 0) is 6.54 Å². The molecule has 0 aromatic carbocycles. The van der Waals surface area contributed by atoms with E-state index in [1.807, 2.05) is 0 Å². The fraction of sp³-hybridized carbons (Fsp3) is 0.800. The van der Waals surface area contributed by atoms with E-state index in [0.717, 1.165) is 25.1 Å². The Kier molecular flexibility index (Phi) is 5.56. The largest absolute Gasteiger partial charge is 0.394 e. The van der Waals surface area contributed by atoms with E-state index in [2.05, 4.69) is 56.6 Å². The average molecular weight is 267 g/mol. The van der Waals surface area contributed by atoms with Crippen LogP contribution in [0.1, 0.15) is 50.6 Å². The first-order chi connectivity index (χ1) is 8.79. The minimum absolute atomic E-state index is 0.168. The first-order valence-corrected chi connectivity index (χ1v) is 7.18. The van der Waals surface area contributed by atoms with E-state index in [-0.39, 0.29) is 12.1 Å². The van der Waals surface area contributed by atoms with Gasteiger partial charge in [-0.25, -0.2) is 0 Å². The second-order valence-corrected chi connectivity index (χ2v) is 6.14. The standard InChI is InChI=1S/C15H29N3O/c1-11(2)16-15(6,10-19)8-7-9-18-14(5)12(3)13(4)17-18/h11,16,19H,7-10H2,1-6H3. The van der Waals surface area contributed by atoms with Crippen LogP contribution in [-0.4, -0.2) is 33.1 Å². The molecule has 1 aromatic rings. The van der Waals surface area contributed by atoms with Gasteiger partial charge in [0.25, 0.3) is 0 Å². The van der Waals surface area contributed by atoms with Crippen molar-refractivity contribution >= 4 is 0 Å². The van der Waals surface area contributed by atoms with E-state index in [1.165, 1.54) is 11.3 Å². The lowest BCUT2D eigenvalue weighted by atomic mass is 9.96. The molecule has 1 heterocycles. The Labute approximate surface area is 117 Å². The van der Waals surface area contributed by atoms with Crippen LogP contribution in [0.2, 0.25) is 0 Å². The molecule has 0 spiro atoms. The second kappa shape index (κ2) is 6.53. The smallest absolute Gasteiger partial charge is 0.0625 e. The van der Waals surface area contributed by atoms with Crippen molar-refractivity contribution in [3.63, 3.8) is 0 Å². The summed E-state index contributed by atoms with van der Waals surface area (Å²) in [6, 6.07) is 0.382. The van der Waals surface area contributed by atoms with E-state index in [9.17, 15) is 5.11 Å². The molecule has 1 atom stereocenters. The number of hydrogen-bond donors (Lipinski definition) is 2. The Morgan fingerprint density at radius 1 is 1.32 bits per heavy atom. The van der Waals surface area contributed by atoms with E-state index >= 15 is 0 Å². The van der Waals surface area contributed by atoms with Crippen molar-refractivity contribution in [2.24, 2.45) is 0 Å². The lowest BCUT2D eigenvalue weighted by Crippen LogP contribution is -2.49. The zero-order valence-corrected chi connectivity index (χ0v) is 13.2. The van der Waals surface area contributed by atoms with E-state index in [4.69, 9.17) is 0 Å². The van der Waals surface area contributed by atoms with Gasteiger partial charge in [-0.2, -0.15) is 5.10 Å². The monoisotopic (exact) mass is 267 g/mol. The molecule has 0 saturated heterocycles. The molecule has 0 aliphatic carbocycles. The molecule has 0 aliphatic heterocycles. The van der Waals surface area contributed by atoms with Crippen molar-refractivity contribution in [3.8, 4) is 0 Å². The fourth-order valence-corrected chi connectivity index (χ4v) is 2.52. The predicted molar refractivity (Wildman–Crippen MR) is 79.4 cm³/mol. The van der Waals surface area contributed by atoms with Crippen LogP contribution in [0.25, 0.3) is 0 Å². The number of aliphatic hydroxyl groups is 1. The van der Waals surface area contributed by atoms with Gasteiger partial charge in [0.2, 0.25) is 0 Å². The average Bonchev–Trinajstić information content (AvgIpc) is 2.56. The van der Waals surface area contributed by atoms with Crippen molar-refractivity contribution < 1.29 is 5.11 Å². The predicted octanol–water partition coefficient (Wildman–Crippen LogP) is 2.34. The van der Waals surface area contributed by atoms with Gasteiger partial charge < -0.3 is 10.4 Å². The summed E-state index contributed by atoms with van der Waals surface area (Å²) in [5.41, 5.74) is 3.45. The number of aliphatic hydroxyl groups excluding tert-OH is 1. The minimum atomic E-state index is -0.195. The van der Waals surface area contributed by atoms with Gasteiger partial charge in [0.05, 0.1) is 12.3 Å². The van der Waals surface area contributed by atoms with Crippen molar-refractivity contribution in [2.45, 2.75) is 72.5 Å². The van der Waals surface area contributed by atoms with Gasteiger partial charge in [-0.3, -0.25) is 4.68 Å². The maximum Gasteiger partial charge on any atom is 0.0625 e. The van der Waals surface area contributed by atoms with Crippen LogP contribution >= 0.6 is 0 Å². The van der Waals surface area contributed by atoms with Gasteiger partial charge in [-0.1, -0.05) is 13.8 Å². The molecule has 4 heteroatoms. The molecule has 1 aromatic heterocycles. The highest BCUT2D eigenvalue weighted by molar-refractivity contribution is 5.22. The fourth-order valence-electron chi connectivity index (χ4n) is 2.52. The highest BCUT2D eigenvalue weighted by Gasteiger charge is 2.23. The summed E-state index contributed by atoms with van der Waals surface area (Å²) >= 11 is 0. The minimum Gasteiger partial charge on any atom is -0.394 e. The summed E-state index contributed by atoms with van der Waals surface area (Å²) in [5, 5.41) is 17.5. The highest BCUT2D eigenvalue weighted by atomic mass is 16.3. The van der Waals surface area contributed by atoms with Gasteiger partial charge in [-0.05, 0) is 46.1 Å². The highest BCUT2D eigenvalue weighted by Crippen LogP contribution is 2.16. The SMILES string of the molecule is Cc1nn(CCCC(C)(CO)NC(C)C)c(C)c1C. The molecule has 1 rings (SSSR count). The molecule has 110 valence electrons. The number of nitrogens with one attached hydrogen (secondary N) is 1. The van der Waals surface area contributed by atoms with Gasteiger partial charge in [-0.15, -0.1) is 0 Å². The van der Waals surface area contributed by atoms with Crippen molar-refractivity contribution in [1.82, 2.24) is 15.1 Å². The van der Waals surface area contributed by atoms with Crippen LogP contribution in [0.5, 0.6) is 0 Å². The number of aryl methyl sites for hydroxylation is 2. The second-order valence-electron chi connectivity index (χ2n) is 6.14. The van der Waals surface area contributed by atoms with Crippen LogP contribution in [0.3, 0.4) is 0 Å². The molecule has 2 N–H and O–H groups in total. The number of nitrogens with zero attached hydrogens (tertiary/aromatic N) is 2. The zero-order chi connectivity index (χ0) is 14.6. The third kappa shape index (κ3) is 4.32. The van der Waals surface area contributed by atoms with Gasteiger partial charge in [0, 0.05) is 23.8 Å². The Hall–Kier alpha value is -0.870. The summed E-state index contributed by atoms with van der Waals surface area (Å²) in [7, 11) is 0. The zero-order valence-electron chi connectivity index (χ0n) is 13.2. The van der Waals surface area contributed by atoms with Crippen LogP contribution in [0.15, 0.2) is 0 Å². The maximum absolute atomic E-state index is 9.55. The summed E-state index contributed by atoms with van der Waals surface area (Å²) in [6.07, 6.45) is 1.96. The third-order valence-corrected chi connectivity index (χ3v) is 3.83. The molecule has 1 unspecified atom stereocenters. The van der Waals surface area contributed by atoms with Crippen LogP contribution in [0.4, 0.5) is 0 Å². The molecule has 0 amide bonds. The number of aromatic nitrogens is 2. The maximum atomic E-state index is 9.55. The molecule has 0 radical (unpaired) electrons. The summed E-state index contributed by atoms with van der Waals surface area (Å²) < 4.78 is 2.08. The van der Waals surface area contributed by atoms with Gasteiger partial charge in [0.15, 0.2) is 0 Å². The summed E-state index contributed by atoms with van der Waals surface area (Å²) in [5.74, 6) is 0. The topological polar surface area (TPSA) is 50.1 Å². The van der Waals surface area contributed by atoms with Crippen molar-refractivity contribution in [2.75, 3.05) is 6.61 Å². The first kappa shape index (κ1) is 16.2. The van der Waals surface area contributed by atoms with Crippen molar-refractivity contribution in [1.29, 1.82) is 0 Å². The van der Waals surface area contributed by atoms with E-state index in [0.29, 0.717) is 6.04 Å². The van der Waals surface area contributed by atoms with Crippen LogP contribution < -0.4 is 5.32 Å². The van der Waals surface area contributed by atoms with Gasteiger partial charge >= 0.3 is 0 Å². The van der Waals surface area contributed by atoms with Gasteiger partial charge in [0.1, 0.15) is 0 Å². The molecular formula is C15H29N3O. The normalized spacial score (nSPS) is 14.9. The summed E-state index contributed by atoms with van der Waals surface area (Å²) in [4.78, 5) is 0.